The lowest BCUT2D eigenvalue weighted by atomic mass is 9.90. The monoisotopic (exact) mass is 430 g/mol. The number of hydrogen-bond acceptors (Lipinski definition) is 3. The Morgan fingerprint density at radius 2 is 1.29 bits per heavy atom. The number of nitriles is 3. The molecule has 0 saturated heterocycles. The van der Waals surface area contributed by atoms with Gasteiger partial charge in [0.2, 0.25) is 0 Å². The molecular formula is C28H10N6. The number of nitrogens with zero attached hydrogens (tertiary/aromatic N) is 6. The summed E-state index contributed by atoms with van der Waals surface area (Å²) in [4.78, 5) is 10.6. The maximum atomic E-state index is 9.88. The Morgan fingerprint density at radius 1 is 0.735 bits per heavy atom. The minimum atomic E-state index is -0.0697. The number of hydrogen-bond donors (Lipinski definition) is 0. The Morgan fingerprint density at radius 3 is 1.82 bits per heavy atom. The molecule has 2 aliphatic rings. The molecule has 0 fully saturated rings. The molecule has 6 nitrogen and oxygen atoms in total. The smallest absolute Gasteiger partial charge is 0.238 e. The summed E-state index contributed by atoms with van der Waals surface area (Å²) < 4.78 is 0. The molecule has 2 aliphatic carbocycles. The maximum absolute atomic E-state index is 9.88. The van der Waals surface area contributed by atoms with Crippen LogP contribution in [0, 0.1) is 53.7 Å². The van der Waals surface area contributed by atoms with Crippen LogP contribution in [0.5, 0.6) is 0 Å². The summed E-state index contributed by atoms with van der Waals surface area (Å²) in [6, 6.07) is 16.8. The third-order valence-corrected chi connectivity index (χ3v) is 6.34. The summed E-state index contributed by atoms with van der Waals surface area (Å²) >= 11 is 0. The molecule has 0 unspecified atom stereocenters. The van der Waals surface area contributed by atoms with Crippen molar-refractivity contribution in [2.75, 3.05) is 0 Å². The highest BCUT2D eigenvalue weighted by Crippen LogP contribution is 2.41. The van der Waals surface area contributed by atoms with Crippen LogP contribution in [-0.2, 0) is 12.8 Å². The minimum Gasteiger partial charge on any atom is -0.238 e. The molecule has 0 saturated carbocycles. The first-order chi connectivity index (χ1) is 16.6. The molecule has 0 amide bonds. The van der Waals surface area contributed by atoms with Gasteiger partial charge < -0.3 is 0 Å². The SMILES string of the molecule is [C-]#[N+]/C(C#N)=c1/c2c(/c(=C(\C#N)[N+]#[C-])c3c1Cc1cc([N+]#[C-])ccc1-3)-c1ccc(C#N)cc1C2. The van der Waals surface area contributed by atoms with Gasteiger partial charge in [-0.1, -0.05) is 24.3 Å². The molecular weight excluding hydrogens is 420 g/mol. The van der Waals surface area contributed by atoms with Gasteiger partial charge in [-0.3, -0.25) is 0 Å². The van der Waals surface area contributed by atoms with E-state index in [0.717, 1.165) is 33.4 Å². The molecule has 34 heavy (non-hydrogen) atoms. The average molecular weight is 430 g/mol. The summed E-state index contributed by atoms with van der Waals surface area (Å²) in [5.41, 5.74) is 6.92. The molecule has 0 aliphatic heterocycles. The fraction of sp³-hybridized carbons (Fsp3) is 0.0714. The highest BCUT2D eigenvalue weighted by molar-refractivity contribution is 5.93. The Balaban J connectivity index is 2.10. The molecule has 5 rings (SSSR count). The van der Waals surface area contributed by atoms with Gasteiger partial charge in [0.15, 0.2) is 5.69 Å². The largest absolute Gasteiger partial charge is 0.270 e. The zero-order valence-electron chi connectivity index (χ0n) is 17.6. The first-order valence-electron chi connectivity index (χ1n) is 10.2. The number of rotatable bonds is 0. The first-order valence-corrected chi connectivity index (χ1v) is 10.2. The van der Waals surface area contributed by atoms with Crippen molar-refractivity contribution in [2.24, 2.45) is 0 Å². The first kappa shape index (κ1) is 20.3. The van der Waals surface area contributed by atoms with Crippen molar-refractivity contribution >= 4 is 17.1 Å². The normalized spacial score (nSPS) is 13.2. The standard InChI is InChI=1S/C28H10N6/c1-32-18-5-7-20-17(9-18)11-22-25(23(13-30)33-2)21-10-16-8-15(12-29)4-6-19(16)26(21)28(27(20)22)24(14-31)34-3/h4-9H,10-11H2/b25-23-,28-24-. The highest BCUT2D eigenvalue weighted by atomic mass is 14.7. The predicted octanol–water partition coefficient (Wildman–Crippen LogP) is 4.35. The van der Waals surface area contributed by atoms with Crippen LogP contribution in [0.15, 0.2) is 36.4 Å². The van der Waals surface area contributed by atoms with Crippen LogP contribution in [0.4, 0.5) is 5.69 Å². The third kappa shape index (κ3) is 2.62. The van der Waals surface area contributed by atoms with E-state index in [1.807, 2.05) is 18.2 Å². The summed E-state index contributed by atoms with van der Waals surface area (Å²) in [6.07, 6.45) is 0.775. The van der Waals surface area contributed by atoms with Gasteiger partial charge in [-0.25, -0.2) is 25.1 Å². The van der Waals surface area contributed by atoms with Crippen molar-refractivity contribution in [3.05, 3.63) is 109 Å². The van der Waals surface area contributed by atoms with E-state index >= 15 is 0 Å². The molecule has 0 bridgehead atoms. The predicted molar refractivity (Wildman–Crippen MR) is 124 cm³/mol. The van der Waals surface area contributed by atoms with Gasteiger partial charge in [0.05, 0.1) is 43.5 Å². The fourth-order valence-corrected chi connectivity index (χ4v) is 5.08. The van der Waals surface area contributed by atoms with Gasteiger partial charge >= 0.3 is 0 Å². The van der Waals surface area contributed by atoms with E-state index in [4.69, 9.17) is 19.7 Å². The van der Waals surface area contributed by atoms with Crippen molar-refractivity contribution in [1.82, 2.24) is 0 Å². The highest BCUT2D eigenvalue weighted by Gasteiger charge is 2.31. The Kier molecular flexibility index (Phi) is 4.46. The van der Waals surface area contributed by atoms with Crippen molar-refractivity contribution < 1.29 is 0 Å². The third-order valence-electron chi connectivity index (χ3n) is 6.34. The van der Waals surface area contributed by atoms with Crippen molar-refractivity contribution in [3.63, 3.8) is 0 Å². The summed E-state index contributed by atoms with van der Waals surface area (Å²) in [5.74, 6) is 0. The molecule has 6 heteroatoms. The van der Waals surface area contributed by atoms with E-state index in [-0.39, 0.29) is 11.4 Å². The van der Waals surface area contributed by atoms with E-state index in [1.54, 1.807) is 30.3 Å². The molecule has 0 radical (unpaired) electrons. The summed E-state index contributed by atoms with van der Waals surface area (Å²) in [6.45, 7) is 22.7. The molecule has 0 atom stereocenters. The molecule has 0 N–H and O–H groups in total. The second-order valence-electron chi connectivity index (χ2n) is 7.89. The van der Waals surface area contributed by atoms with E-state index in [9.17, 15) is 15.8 Å². The van der Waals surface area contributed by atoms with Crippen LogP contribution in [0.3, 0.4) is 0 Å². The summed E-state index contributed by atoms with van der Waals surface area (Å²) in [5, 5.41) is 30.1. The van der Waals surface area contributed by atoms with E-state index in [0.29, 0.717) is 45.7 Å². The molecule has 0 heterocycles. The van der Waals surface area contributed by atoms with Crippen LogP contribution in [0.25, 0.3) is 48.2 Å². The fourth-order valence-electron chi connectivity index (χ4n) is 5.08. The van der Waals surface area contributed by atoms with Crippen LogP contribution >= 0.6 is 0 Å². The molecule has 0 spiro atoms. The van der Waals surface area contributed by atoms with Crippen LogP contribution in [0.1, 0.15) is 27.8 Å². The molecule has 3 aromatic carbocycles. The Hall–Kier alpha value is -5.66. The lowest BCUT2D eigenvalue weighted by Crippen LogP contribution is -2.25. The molecule has 152 valence electrons. The molecule has 0 aromatic heterocycles. The topological polar surface area (TPSA) is 84.4 Å². The van der Waals surface area contributed by atoms with E-state index in [1.165, 1.54) is 0 Å². The van der Waals surface area contributed by atoms with Gasteiger partial charge in [-0.05, 0) is 74.7 Å². The van der Waals surface area contributed by atoms with E-state index < -0.39 is 0 Å². The zero-order valence-corrected chi connectivity index (χ0v) is 17.6. The Labute approximate surface area is 195 Å². The number of fused-ring (bicyclic) bond motifs is 6. The summed E-state index contributed by atoms with van der Waals surface area (Å²) in [7, 11) is 0. The van der Waals surface area contributed by atoms with Gasteiger partial charge in [0.1, 0.15) is 0 Å². The minimum absolute atomic E-state index is 0.0492. The van der Waals surface area contributed by atoms with Crippen molar-refractivity contribution in [1.29, 1.82) is 15.8 Å². The quantitative estimate of drug-likeness (QED) is 0.342. The zero-order chi connectivity index (χ0) is 24.0. The van der Waals surface area contributed by atoms with Gasteiger partial charge in [-0.2, -0.15) is 5.26 Å². The van der Waals surface area contributed by atoms with Crippen molar-refractivity contribution in [3.8, 4) is 40.5 Å². The van der Waals surface area contributed by atoms with Crippen LogP contribution < -0.4 is 10.4 Å². The van der Waals surface area contributed by atoms with Crippen molar-refractivity contribution in [2.45, 2.75) is 12.8 Å². The van der Waals surface area contributed by atoms with Gasteiger partial charge in [0, 0.05) is 5.22 Å². The molecule has 3 aromatic rings. The maximum Gasteiger partial charge on any atom is 0.270 e. The van der Waals surface area contributed by atoms with Crippen LogP contribution in [0.2, 0.25) is 0 Å². The van der Waals surface area contributed by atoms with Gasteiger partial charge in [0.25, 0.3) is 11.4 Å². The lowest BCUT2D eigenvalue weighted by Gasteiger charge is -2.13. The second kappa shape index (κ2) is 7.49. The lowest BCUT2D eigenvalue weighted by molar-refractivity contribution is 1.17. The van der Waals surface area contributed by atoms with Gasteiger partial charge in [-0.15, -0.1) is 0 Å². The Bertz CT molecular complexity index is 1740. The second-order valence-corrected chi connectivity index (χ2v) is 7.89. The van der Waals surface area contributed by atoms with E-state index in [2.05, 4.69) is 20.6 Å². The van der Waals surface area contributed by atoms with Crippen LogP contribution in [-0.4, -0.2) is 0 Å². The number of benzene rings is 3. The average Bonchev–Trinajstić information content (AvgIpc) is 3.43.